The molecule has 110 valence electrons. The topological polar surface area (TPSA) is 29.9 Å². The molecule has 3 aliphatic rings. The van der Waals surface area contributed by atoms with Crippen LogP contribution in [0.25, 0.3) is 0 Å². The number of imidazole rings is 1. The highest BCUT2D eigenvalue weighted by atomic mass is 15.1. The van der Waals surface area contributed by atoms with Gasteiger partial charge in [0.25, 0.3) is 0 Å². The average molecular weight is 273 g/mol. The van der Waals surface area contributed by atoms with Gasteiger partial charge >= 0.3 is 0 Å². The first-order chi connectivity index (χ1) is 9.93. The summed E-state index contributed by atoms with van der Waals surface area (Å²) in [4.78, 5) is 5.12. The Morgan fingerprint density at radius 3 is 2.50 bits per heavy atom. The molecule has 1 N–H and O–H groups in total. The molecular weight excluding hydrogens is 246 g/mol. The van der Waals surface area contributed by atoms with Crippen LogP contribution in [0.1, 0.15) is 87.0 Å². The molecule has 0 radical (unpaired) electrons. The summed E-state index contributed by atoms with van der Waals surface area (Å²) in [6.45, 7) is 2.13. The van der Waals surface area contributed by atoms with Gasteiger partial charge in [0.05, 0.1) is 5.69 Å². The van der Waals surface area contributed by atoms with Crippen LogP contribution in [-0.4, -0.2) is 16.1 Å². The van der Waals surface area contributed by atoms with Crippen molar-refractivity contribution in [2.75, 3.05) is 6.54 Å². The number of nitrogens with zero attached hydrogens (tertiary/aromatic N) is 2. The summed E-state index contributed by atoms with van der Waals surface area (Å²) >= 11 is 0. The van der Waals surface area contributed by atoms with Crippen molar-refractivity contribution in [1.29, 1.82) is 0 Å². The largest absolute Gasteiger partial charge is 0.328 e. The Morgan fingerprint density at radius 1 is 0.950 bits per heavy atom. The quantitative estimate of drug-likeness (QED) is 0.890. The van der Waals surface area contributed by atoms with Crippen LogP contribution in [0, 0.1) is 0 Å². The predicted molar refractivity (Wildman–Crippen MR) is 81.0 cm³/mol. The molecule has 0 amide bonds. The second-order valence-electron chi connectivity index (χ2n) is 6.93. The van der Waals surface area contributed by atoms with E-state index >= 15 is 0 Å². The van der Waals surface area contributed by atoms with E-state index in [0.717, 1.165) is 25.0 Å². The van der Waals surface area contributed by atoms with Crippen LogP contribution in [0.15, 0.2) is 0 Å². The molecule has 20 heavy (non-hydrogen) atoms. The van der Waals surface area contributed by atoms with Gasteiger partial charge in [-0.1, -0.05) is 32.1 Å². The van der Waals surface area contributed by atoms with Crippen molar-refractivity contribution >= 4 is 0 Å². The molecule has 1 aromatic rings. The van der Waals surface area contributed by atoms with Crippen molar-refractivity contribution in [2.45, 2.75) is 82.7 Å². The number of hydrogen-bond acceptors (Lipinski definition) is 2. The second kappa shape index (κ2) is 5.51. The van der Waals surface area contributed by atoms with E-state index in [9.17, 15) is 0 Å². The molecule has 3 heteroatoms. The predicted octanol–water partition coefficient (Wildman–Crippen LogP) is 3.69. The molecule has 0 atom stereocenters. The van der Waals surface area contributed by atoms with E-state index in [2.05, 4.69) is 9.88 Å². The number of aromatic nitrogens is 2. The molecule has 0 unspecified atom stereocenters. The molecule has 2 fully saturated rings. The zero-order chi connectivity index (χ0) is 13.4. The Hall–Kier alpha value is -0.830. The lowest BCUT2D eigenvalue weighted by atomic mass is 9.88. The number of fused-ring (bicyclic) bond motifs is 1. The SMILES string of the molecule is C1CCC(c2nc3c(n2C2CCCC2)CCNC3)CC1. The van der Waals surface area contributed by atoms with Gasteiger partial charge in [-0.25, -0.2) is 4.98 Å². The molecule has 1 aromatic heterocycles. The van der Waals surface area contributed by atoms with Crippen molar-refractivity contribution in [3.63, 3.8) is 0 Å². The van der Waals surface area contributed by atoms with E-state index < -0.39 is 0 Å². The van der Waals surface area contributed by atoms with Crippen molar-refractivity contribution in [3.05, 3.63) is 17.2 Å². The van der Waals surface area contributed by atoms with Crippen LogP contribution < -0.4 is 5.32 Å². The molecule has 0 aromatic carbocycles. The highest BCUT2D eigenvalue weighted by molar-refractivity contribution is 5.23. The third-order valence-corrected chi connectivity index (χ3v) is 5.61. The van der Waals surface area contributed by atoms with Gasteiger partial charge in [-0.05, 0) is 25.7 Å². The normalized spacial score (nSPS) is 25.0. The summed E-state index contributed by atoms with van der Waals surface area (Å²) in [7, 11) is 0. The summed E-state index contributed by atoms with van der Waals surface area (Å²) in [5.41, 5.74) is 2.94. The second-order valence-corrected chi connectivity index (χ2v) is 6.93. The van der Waals surface area contributed by atoms with E-state index in [1.807, 2.05) is 0 Å². The Kier molecular flexibility index (Phi) is 3.55. The van der Waals surface area contributed by atoms with E-state index in [4.69, 9.17) is 4.98 Å². The molecular formula is C17H27N3. The van der Waals surface area contributed by atoms with Crippen LogP contribution in [0.3, 0.4) is 0 Å². The molecule has 2 heterocycles. The molecule has 3 nitrogen and oxygen atoms in total. The number of rotatable bonds is 2. The summed E-state index contributed by atoms with van der Waals surface area (Å²) < 4.78 is 2.72. The molecule has 1 aliphatic heterocycles. The van der Waals surface area contributed by atoms with Crippen molar-refractivity contribution in [1.82, 2.24) is 14.9 Å². The van der Waals surface area contributed by atoms with Crippen molar-refractivity contribution < 1.29 is 0 Å². The third-order valence-electron chi connectivity index (χ3n) is 5.61. The maximum atomic E-state index is 5.12. The first-order valence-electron chi connectivity index (χ1n) is 8.74. The van der Waals surface area contributed by atoms with E-state index in [1.54, 1.807) is 5.69 Å². The van der Waals surface area contributed by atoms with Crippen molar-refractivity contribution in [2.24, 2.45) is 0 Å². The average Bonchev–Trinajstić information content (AvgIpc) is 3.14. The zero-order valence-electron chi connectivity index (χ0n) is 12.5. The smallest absolute Gasteiger partial charge is 0.112 e. The minimum absolute atomic E-state index is 0.745. The minimum atomic E-state index is 0.745. The molecule has 2 saturated carbocycles. The monoisotopic (exact) mass is 273 g/mol. The van der Waals surface area contributed by atoms with Gasteiger partial charge in [0, 0.05) is 37.2 Å². The van der Waals surface area contributed by atoms with Gasteiger partial charge in [-0.2, -0.15) is 0 Å². The lowest BCUT2D eigenvalue weighted by molar-refractivity contribution is 0.390. The third kappa shape index (κ3) is 2.20. The lowest BCUT2D eigenvalue weighted by Gasteiger charge is -2.26. The van der Waals surface area contributed by atoms with Gasteiger partial charge < -0.3 is 9.88 Å². The van der Waals surface area contributed by atoms with Crippen molar-refractivity contribution in [3.8, 4) is 0 Å². The molecule has 0 saturated heterocycles. The van der Waals surface area contributed by atoms with Crippen LogP contribution >= 0.6 is 0 Å². The molecule has 2 aliphatic carbocycles. The van der Waals surface area contributed by atoms with Gasteiger partial charge in [-0.15, -0.1) is 0 Å². The first kappa shape index (κ1) is 12.9. The number of nitrogens with one attached hydrogen (secondary N) is 1. The molecule has 4 rings (SSSR count). The highest BCUT2D eigenvalue weighted by Gasteiger charge is 2.30. The van der Waals surface area contributed by atoms with Crippen LogP contribution in [0.2, 0.25) is 0 Å². The maximum Gasteiger partial charge on any atom is 0.112 e. The summed E-state index contributed by atoms with van der Waals surface area (Å²) in [5.74, 6) is 2.21. The number of hydrogen-bond donors (Lipinski definition) is 1. The molecule has 0 bridgehead atoms. The van der Waals surface area contributed by atoms with E-state index in [-0.39, 0.29) is 0 Å². The minimum Gasteiger partial charge on any atom is -0.328 e. The standard InChI is InChI=1S/C17H27N3/c1-2-6-13(7-3-1)17-19-15-12-18-11-10-16(15)20(17)14-8-4-5-9-14/h13-14,18H,1-12H2. The fourth-order valence-corrected chi connectivity index (χ4v) is 4.57. The molecule has 0 spiro atoms. The van der Waals surface area contributed by atoms with E-state index in [0.29, 0.717) is 0 Å². The Bertz CT molecular complexity index is 465. The van der Waals surface area contributed by atoms with Gasteiger partial charge in [0.1, 0.15) is 5.82 Å². The lowest BCUT2D eigenvalue weighted by Crippen LogP contribution is -2.26. The summed E-state index contributed by atoms with van der Waals surface area (Å²) in [5, 5.41) is 3.50. The van der Waals surface area contributed by atoms with Gasteiger partial charge in [0.15, 0.2) is 0 Å². The Morgan fingerprint density at radius 2 is 1.70 bits per heavy atom. The fourth-order valence-electron chi connectivity index (χ4n) is 4.57. The summed E-state index contributed by atoms with van der Waals surface area (Å²) in [6.07, 6.45) is 13.8. The van der Waals surface area contributed by atoms with Gasteiger partial charge in [0.2, 0.25) is 0 Å². The van der Waals surface area contributed by atoms with Gasteiger partial charge in [-0.3, -0.25) is 0 Å². The highest BCUT2D eigenvalue weighted by Crippen LogP contribution is 2.39. The Balaban J connectivity index is 1.73. The van der Waals surface area contributed by atoms with Crippen LogP contribution in [0.5, 0.6) is 0 Å². The zero-order valence-corrected chi connectivity index (χ0v) is 12.5. The fraction of sp³-hybridized carbons (Fsp3) is 0.824. The maximum absolute atomic E-state index is 5.12. The van der Waals surface area contributed by atoms with E-state index in [1.165, 1.54) is 75.7 Å². The first-order valence-corrected chi connectivity index (χ1v) is 8.74. The van der Waals surface area contributed by atoms with Crippen LogP contribution in [-0.2, 0) is 13.0 Å². The van der Waals surface area contributed by atoms with Crippen LogP contribution in [0.4, 0.5) is 0 Å². The Labute approximate surface area is 122 Å². The summed E-state index contributed by atoms with van der Waals surface area (Å²) in [6, 6.07) is 0.765.